The first-order chi connectivity index (χ1) is 9.65. The number of carbonyl (C=O) groups is 1. The van der Waals surface area contributed by atoms with Crippen LogP contribution < -0.4 is 0 Å². The van der Waals surface area contributed by atoms with Gasteiger partial charge < -0.3 is 9.15 Å². The molecule has 20 heavy (non-hydrogen) atoms. The first kappa shape index (κ1) is 12.3. The lowest BCUT2D eigenvalue weighted by Gasteiger charge is -2.08. The van der Waals surface area contributed by atoms with Gasteiger partial charge in [0.15, 0.2) is 17.4 Å². The van der Waals surface area contributed by atoms with E-state index in [0.29, 0.717) is 11.5 Å². The third kappa shape index (κ3) is 2.13. The molecule has 0 fully saturated rings. The summed E-state index contributed by atoms with van der Waals surface area (Å²) in [7, 11) is 1.62. The molecule has 0 bridgehead atoms. The number of fused-ring (bicyclic) bond motifs is 1. The summed E-state index contributed by atoms with van der Waals surface area (Å²) in [6, 6.07) is 7.37. The number of esters is 1. The number of nitrogens with zero attached hydrogens (tertiary/aromatic N) is 4. The minimum absolute atomic E-state index is 0.271. The van der Waals surface area contributed by atoms with Crippen LogP contribution in [-0.4, -0.2) is 25.9 Å². The van der Waals surface area contributed by atoms with E-state index in [4.69, 9.17) is 9.15 Å². The number of hydrogen-bond acceptors (Lipinski definition) is 6. The molecule has 0 amide bonds. The van der Waals surface area contributed by atoms with Crippen LogP contribution in [0.4, 0.5) is 0 Å². The molecule has 3 rings (SSSR count). The average molecular weight is 272 g/mol. The van der Waals surface area contributed by atoms with Crippen molar-refractivity contribution in [3.8, 4) is 0 Å². The maximum Gasteiger partial charge on any atom is 0.359 e. The van der Waals surface area contributed by atoms with E-state index in [0.717, 1.165) is 5.52 Å². The molecule has 0 saturated heterocycles. The van der Waals surface area contributed by atoms with Crippen molar-refractivity contribution in [3.05, 3.63) is 42.0 Å². The smallest absolute Gasteiger partial charge is 0.359 e. The fourth-order valence-electron chi connectivity index (χ4n) is 1.81. The molecule has 2 heterocycles. The molecule has 0 spiro atoms. The molecule has 0 aliphatic carbocycles. The maximum absolute atomic E-state index is 11.9. The highest BCUT2D eigenvalue weighted by atomic mass is 16.6. The SMILES string of the molecule is CC(OC(=O)c1cnnn1C)c1nc2ccccc2o1. The van der Waals surface area contributed by atoms with Crippen molar-refractivity contribution in [1.82, 2.24) is 20.0 Å². The van der Waals surface area contributed by atoms with E-state index in [1.165, 1.54) is 10.9 Å². The molecule has 0 radical (unpaired) electrons. The molecule has 7 heteroatoms. The van der Waals surface area contributed by atoms with E-state index in [-0.39, 0.29) is 5.69 Å². The monoisotopic (exact) mass is 272 g/mol. The summed E-state index contributed by atoms with van der Waals surface area (Å²) in [4.78, 5) is 16.2. The van der Waals surface area contributed by atoms with Gasteiger partial charge in [0.1, 0.15) is 5.52 Å². The van der Waals surface area contributed by atoms with Crippen molar-refractivity contribution in [3.63, 3.8) is 0 Å². The Balaban J connectivity index is 1.80. The molecule has 1 atom stereocenters. The molecule has 3 aromatic rings. The number of rotatable bonds is 3. The van der Waals surface area contributed by atoms with Crippen molar-refractivity contribution < 1.29 is 13.9 Å². The van der Waals surface area contributed by atoms with Crippen LogP contribution in [0.1, 0.15) is 29.4 Å². The van der Waals surface area contributed by atoms with Gasteiger partial charge >= 0.3 is 5.97 Å². The molecule has 0 N–H and O–H groups in total. The second-order valence-corrected chi connectivity index (χ2v) is 4.31. The van der Waals surface area contributed by atoms with Gasteiger partial charge in [-0.2, -0.15) is 0 Å². The van der Waals surface area contributed by atoms with Crippen LogP contribution in [-0.2, 0) is 11.8 Å². The van der Waals surface area contributed by atoms with Crippen LogP contribution in [0.25, 0.3) is 11.1 Å². The van der Waals surface area contributed by atoms with Crippen LogP contribution in [0.3, 0.4) is 0 Å². The molecule has 2 aromatic heterocycles. The lowest BCUT2D eigenvalue weighted by atomic mass is 10.3. The minimum Gasteiger partial charge on any atom is -0.448 e. The molecular formula is C13H12N4O3. The third-order valence-electron chi connectivity index (χ3n) is 2.87. The Bertz CT molecular complexity index is 729. The zero-order valence-electron chi connectivity index (χ0n) is 11.0. The van der Waals surface area contributed by atoms with Crippen LogP contribution in [0.15, 0.2) is 34.9 Å². The summed E-state index contributed by atoms with van der Waals surface area (Å²) in [6.45, 7) is 1.70. The highest BCUT2D eigenvalue weighted by molar-refractivity contribution is 5.87. The summed E-state index contributed by atoms with van der Waals surface area (Å²) in [6.07, 6.45) is 0.756. The van der Waals surface area contributed by atoms with Gasteiger partial charge in [-0.25, -0.2) is 14.5 Å². The predicted molar refractivity (Wildman–Crippen MR) is 68.8 cm³/mol. The van der Waals surface area contributed by atoms with Crippen molar-refractivity contribution in [1.29, 1.82) is 0 Å². The second-order valence-electron chi connectivity index (χ2n) is 4.31. The van der Waals surface area contributed by atoms with Gasteiger partial charge in [0.05, 0.1) is 6.20 Å². The van der Waals surface area contributed by atoms with Gasteiger partial charge in [0, 0.05) is 7.05 Å². The Kier molecular flexibility index (Phi) is 2.94. The van der Waals surface area contributed by atoms with Crippen molar-refractivity contribution in [2.75, 3.05) is 0 Å². The fraction of sp³-hybridized carbons (Fsp3) is 0.231. The third-order valence-corrected chi connectivity index (χ3v) is 2.87. The zero-order chi connectivity index (χ0) is 14.1. The van der Waals surface area contributed by atoms with E-state index in [1.807, 2.05) is 24.3 Å². The molecule has 0 aliphatic heterocycles. The summed E-state index contributed by atoms with van der Waals surface area (Å²) in [5, 5.41) is 7.31. The van der Waals surface area contributed by atoms with E-state index >= 15 is 0 Å². The van der Waals surface area contributed by atoms with Gasteiger partial charge in [-0.05, 0) is 19.1 Å². The number of oxazole rings is 1. The first-order valence-corrected chi connectivity index (χ1v) is 6.06. The number of ether oxygens (including phenoxy) is 1. The van der Waals surface area contributed by atoms with Crippen molar-refractivity contribution >= 4 is 17.1 Å². The zero-order valence-corrected chi connectivity index (χ0v) is 11.0. The van der Waals surface area contributed by atoms with Gasteiger partial charge in [-0.15, -0.1) is 5.10 Å². The second kappa shape index (κ2) is 4.76. The summed E-state index contributed by atoms with van der Waals surface area (Å²) in [5.74, 6) is -0.165. The predicted octanol–water partition coefficient (Wildman–Crippen LogP) is 1.87. The van der Waals surface area contributed by atoms with E-state index in [1.54, 1.807) is 14.0 Å². The Morgan fingerprint density at radius 1 is 1.40 bits per heavy atom. The lowest BCUT2D eigenvalue weighted by Crippen LogP contribution is -2.13. The number of hydrogen-bond donors (Lipinski definition) is 0. The molecule has 0 saturated carbocycles. The van der Waals surface area contributed by atoms with Crippen molar-refractivity contribution in [2.45, 2.75) is 13.0 Å². The Hall–Kier alpha value is -2.70. The Labute approximate surface area is 114 Å². The number of carbonyl (C=O) groups excluding carboxylic acids is 1. The topological polar surface area (TPSA) is 83.0 Å². The van der Waals surface area contributed by atoms with Gasteiger partial charge in [0.2, 0.25) is 5.89 Å². The fourth-order valence-corrected chi connectivity index (χ4v) is 1.81. The van der Waals surface area contributed by atoms with Gasteiger partial charge in [0.25, 0.3) is 0 Å². The highest BCUT2D eigenvalue weighted by Crippen LogP contribution is 2.22. The number of benzene rings is 1. The quantitative estimate of drug-likeness (QED) is 0.677. The van der Waals surface area contributed by atoms with Crippen LogP contribution in [0.5, 0.6) is 0 Å². The Morgan fingerprint density at radius 2 is 2.20 bits per heavy atom. The molecular weight excluding hydrogens is 260 g/mol. The molecule has 1 unspecified atom stereocenters. The van der Waals surface area contributed by atoms with Crippen LogP contribution >= 0.6 is 0 Å². The molecule has 1 aromatic carbocycles. The summed E-state index contributed by atoms with van der Waals surface area (Å²) >= 11 is 0. The van der Waals surface area contributed by atoms with Crippen molar-refractivity contribution in [2.24, 2.45) is 7.05 Å². The van der Waals surface area contributed by atoms with Crippen LogP contribution in [0.2, 0.25) is 0 Å². The van der Waals surface area contributed by atoms with Crippen LogP contribution in [0, 0.1) is 0 Å². The normalized spacial score (nSPS) is 12.5. The van der Waals surface area contributed by atoms with Gasteiger partial charge in [-0.1, -0.05) is 17.3 Å². The largest absolute Gasteiger partial charge is 0.448 e. The van der Waals surface area contributed by atoms with E-state index in [9.17, 15) is 4.79 Å². The number of para-hydroxylation sites is 2. The van der Waals surface area contributed by atoms with Gasteiger partial charge in [-0.3, -0.25) is 0 Å². The average Bonchev–Trinajstić information content (AvgIpc) is 3.04. The van der Waals surface area contributed by atoms with E-state index < -0.39 is 12.1 Å². The molecule has 0 aliphatic rings. The minimum atomic E-state index is -0.593. The molecule has 7 nitrogen and oxygen atoms in total. The maximum atomic E-state index is 11.9. The standard InChI is InChI=1S/C13H12N4O3/c1-8(19-13(18)10-7-14-16-17(10)2)12-15-9-5-3-4-6-11(9)20-12/h3-8H,1-2H3. The number of aryl methyl sites for hydroxylation is 1. The first-order valence-electron chi connectivity index (χ1n) is 6.06. The van der Waals surface area contributed by atoms with E-state index in [2.05, 4.69) is 15.3 Å². The molecule has 102 valence electrons. The highest BCUT2D eigenvalue weighted by Gasteiger charge is 2.20. The Morgan fingerprint density at radius 3 is 2.90 bits per heavy atom. The summed E-state index contributed by atoms with van der Waals surface area (Å²) in [5.41, 5.74) is 1.66. The number of aromatic nitrogens is 4. The lowest BCUT2D eigenvalue weighted by molar-refractivity contribution is 0.0270. The summed E-state index contributed by atoms with van der Waals surface area (Å²) < 4.78 is 12.2.